The van der Waals surface area contributed by atoms with Gasteiger partial charge in [-0.25, -0.2) is 5.43 Å². The molecule has 0 spiro atoms. The van der Waals surface area contributed by atoms with Gasteiger partial charge in [-0.1, -0.05) is 12.1 Å². The van der Waals surface area contributed by atoms with Crippen molar-refractivity contribution in [3.05, 3.63) is 52.0 Å². The number of hydrazone groups is 1. The highest BCUT2D eigenvalue weighted by Gasteiger charge is 2.10. The molecular weight excluding hydrogens is 364 g/mol. The van der Waals surface area contributed by atoms with Crippen LogP contribution in [0.1, 0.15) is 11.1 Å². The van der Waals surface area contributed by atoms with Gasteiger partial charge in [0, 0.05) is 4.47 Å². The Morgan fingerprint density at radius 3 is 2.83 bits per heavy atom. The molecule has 0 aliphatic rings. The van der Waals surface area contributed by atoms with Crippen molar-refractivity contribution in [1.82, 2.24) is 5.43 Å². The Morgan fingerprint density at radius 1 is 1.35 bits per heavy atom. The molecule has 23 heavy (non-hydrogen) atoms. The Morgan fingerprint density at radius 2 is 2.13 bits per heavy atom. The molecule has 0 unspecified atom stereocenters. The number of nitrogens with zero attached hydrogens (tertiary/aromatic N) is 1. The summed E-state index contributed by atoms with van der Waals surface area (Å²) in [7, 11) is 1.45. The zero-order chi connectivity index (χ0) is 16.8. The predicted molar refractivity (Wildman–Crippen MR) is 89.9 cm³/mol. The van der Waals surface area contributed by atoms with Gasteiger partial charge in [-0.15, -0.1) is 0 Å². The number of hydrogen-bond acceptors (Lipinski definition) is 5. The lowest BCUT2D eigenvalue weighted by atomic mass is 10.1. The maximum absolute atomic E-state index is 11.8. The van der Waals surface area contributed by atoms with Crippen LogP contribution in [0.15, 0.2) is 46.0 Å². The first-order chi connectivity index (χ1) is 11.0. The van der Waals surface area contributed by atoms with E-state index in [9.17, 15) is 15.0 Å². The van der Waals surface area contributed by atoms with Crippen LogP contribution in [0.25, 0.3) is 0 Å². The van der Waals surface area contributed by atoms with Crippen LogP contribution in [-0.2, 0) is 11.2 Å². The standard InChI is InChI=1S/C16H15BrN2O4/c1-23-14-6-5-13(17)12(16(14)22)9-18-19-15(21)8-10-3-2-4-11(20)7-10/h2-7,9,20,22H,8H2,1H3,(H,19,21)/b18-9+. The number of benzene rings is 2. The second-order valence-electron chi connectivity index (χ2n) is 4.65. The number of hydrogen-bond donors (Lipinski definition) is 3. The molecular formula is C16H15BrN2O4. The molecule has 2 aromatic carbocycles. The van der Waals surface area contributed by atoms with Gasteiger partial charge in [0.25, 0.3) is 0 Å². The number of rotatable bonds is 5. The molecule has 0 aliphatic carbocycles. The minimum Gasteiger partial charge on any atom is -0.508 e. The first kappa shape index (κ1) is 16.8. The van der Waals surface area contributed by atoms with E-state index in [1.165, 1.54) is 25.5 Å². The van der Waals surface area contributed by atoms with E-state index in [1.807, 2.05) is 0 Å². The van der Waals surface area contributed by atoms with Crippen molar-refractivity contribution >= 4 is 28.1 Å². The number of phenols is 2. The van der Waals surface area contributed by atoms with E-state index in [0.717, 1.165) is 0 Å². The second kappa shape index (κ2) is 7.64. The molecule has 2 rings (SSSR count). The summed E-state index contributed by atoms with van der Waals surface area (Å²) >= 11 is 3.29. The van der Waals surface area contributed by atoms with Crippen molar-refractivity contribution in [2.45, 2.75) is 6.42 Å². The smallest absolute Gasteiger partial charge is 0.244 e. The van der Waals surface area contributed by atoms with E-state index in [-0.39, 0.29) is 23.8 Å². The van der Waals surface area contributed by atoms with E-state index >= 15 is 0 Å². The van der Waals surface area contributed by atoms with Crippen molar-refractivity contribution < 1.29 is 19.7 Å². The molecule has 0 atom stereocenters. The molecule has 1 amide bonds. The number of aromatic hydroxyl groups is 2. The summed E-state index contributed by atoms with van der Waals surface area (Å²) in [5.41, 5.74) is 3.43. The van der Waals surface area contributed by atoms with E-state index in [2.05, 4.69) is 26.5 Å². The quantitative estimate of drug-likeness (QED) is 0.550. The SMILES string of the molecule is COc1ccc(Br)c(/C=N/NC(=O)Cc2cccc(O)c2)c1O. The molecule has 120 valence electrons. The molecule has 0 aromatic heterocycles. The van der Waals surface area contributed by atoms with Gasteiger partial charge in [0.1, 0.15) is 5.75 Å². The highest BCUT2D eigenvalue weighted by Crippen LogP contribution is 2.33. The van der Waals surface area contributed by atoms with Crippen LogP contribution in [0, 0.1) is 0 Å². The largest absolute Gasteiger partial charge is 0.508 e. The zero-order valence-electron chi connectivity index (χ0n) is 12.3. The lowest BCUT2D eigenvalue weighted by molar-refractivity contribution is -0.120. The van der Waals surface area contributed by atoms with Gasteiger partial charge >= 0.3 is 0 Å². The highest BCUT2D eigenvalue weighted by molar-refractivity contribution is 9.10. The molecule has 6 nitrogen and oxygen atoms in total. The van der Waals surface area contributed by atoms with Crippen LogP contribution in [-0.4, -0.2) is 29.4 Å². The monoisotopic (exact) mass is 378 g/mol. The summed E-state index contributed by atoms with van der Waals surface area (Å²) in [6.07, 6.45) is 1.40. The Bertz CT molecular complexity index is 747. The fourth-order valence-corrected chi connectivity index (χ4v) is 2.33. The van der Waals surface area contributed by atoms with Crippen molar-refractivity contribution in [3.8, 4) is 17.2 Å². The first-order valence-electron chi connectivity index (χ1n) is 6.66. The number of amides is 1. The maximum Gasteiger partial charge on any atom is 0.244 e. The second-order valence-corrected chi connectivity index (χ2v) is 5.51. The fraction of sp³-hybridized carbons (Fsp3) is 0.125. The van der Waals surface area contributed by atoms with E-state index < -0.39 is 0 Å². The number of methoxy groups -OCH3 is 1. The molecule has 0 heterocycles. The molecule has 0 saturated carbocycles. The minimum atomic E-state index is -0.342. The number of nitrogens with one attached hydrogen (secondary N) is 1. The molecule has 0 fully saturated rings. The van der Waals surface area contributed by atoms with Gasteiger partial charge in [-0.3, -0.25) is 4.79 Å². The molecule has 7 heteroatoms. The van der Waals surface area contributed by atoms with Crippen LogP contribution in [0.4, 0.5) is 0 Å². The Balaban J connectivity index is 2.03. The first-order valence-corrected chi connectivity index (χ1v) is 7.46. The number of halogens is 1. The summed E-state index contributed by atoms with van der Waals surface area (Å²) in [5.74, 6) is -0.0111. The van der Waals surface area contributed by atoms with E-state index in [0.29, 0.717) is 21.3 Å². The topological polar surface area (TPSA) is 91.2 Å². The third-order valence-electron chi connectivity index (χ3n) is 3.00. The summed E-state index contributed by atoms with van der Waals surface area (Å²) < 4.78 is 5.63. The normalized spacial score (nSPS) is 10.7. The fourth-order valence-electron chi connectivity index (χ4n) is 1.91. The number of carbonyl (C=O) groups excluding carboxylic acids is 1. The summed E-state index contributed by atoms with van der Waals surface area (Å²) in [6.45, 7) is 0. The Kier molecular flexibility index (Phi) is 5.59. The molecule has 2 aromatic rings. The zero-order valence-corrected chi connectivity index (χ0v) is 13.9. The van der Waals surface area contributed by atoms with Gasteiger partial charge < -0.3 is 14.9 Å². The number of phenolic OH excluding ortho intramolecular Hbond substituents is 2. The van der Waals surface area contributed by atoms with Crippen LogP contribution >= 0.6 is 15.9 Å². The molecule has 0 aliphatic heterocycles. The van der Waals surface area contributed by atoms with E-state index in [1.54, 1.807) is 24.3 Å². The van der Waals surface area contributed by atoms with Crippen LogP contribution in [0.3, 0.4) is 0 Å². The molecule has 0 radical (unpaired) electrons. The van der Waals surface area contributed by atoms with Gasteiger partial charge in [0.15, 0.2) is 11.5 Å². The maximum atomic E-state index is 11.8. The van der Waals surface area contributed by atoms with Gasteiger partial charge in [0.05, 0.1) is 25.3 Å². The summed E-state index contributed by atoms with van der Waals surface area (Å²) in [4.78, 5) is 11.8. The summed E-state index contributed by atoms with van der Waals surface area (Å²) in [6, 6.07) is 9.74. The highest BCUT2D eigenvalue weighted by atomic mass is 79.9. The van der Waals surface area contributed by atoms with Gasteiger partial charge in [0.2, 0.25) is 5.91 Å². The van der Waals surface area contributed by atoms with Crippen LogP contribution in [0.2, 0.25) is 0 Å². The van der Waals surface area contributed by atoms with Crippen molar-refractivity contribution in [2.75, 3.05) is 7.11 Å². The lowest BCUT2D eigenvalue weighted by Gasteiger charge is -2.07. The Labute approximate surface area is 141 Å². The van der Waals surface area contributed by atoms with Crippen LogP contribution in [0.5, 0.6) is 17.2 Å². The third kappa shape index (κ3) is 4.46. The average Bonchev–Trinajstić information content (AvgIpc) is 2.50. The minimum absolute atomic E-state index is 0.0761. The van der Waals surface area contributed by atoms with Crippen molar-refractivity contribution in [3.63, 3.8) is 0 Å². The van der Waals surface area contributed by atoms with Gasteiger partial charge in [-0.05, 0) is 45.8 Å². The van der Waals surface area contributed by atoms with Crippen LogP contribution < -0.4 is 10.2 Å². The summed E-state index contributed by atoms with van der Waals surface area (Å²) in [5, 5.41) is 23.2. The molecule has 0 saturated heterocycles. The Hall–Kier alpha value is -2.54. The molecule has 3 N–H and O–H groups in total. The predicted octanol–water partition coefficient (Wildman–Crippen LogP) is 2.56. The number of carbonyl (C=O) groups is 1. The average molecular weight is 379 g/mol. The lowest BCUT2D eigenvalue weighted by Crippen LogP contribution is -2.19. The van der Waals surface area contributed by atoms with Crippen molar-refractivity contribution in [1.29, 1.82) is 0 Å². The number of ether oxygens (including phenoxy) is 1. The van der Waals surface area contributed by atoms with E-state index in [4.69, 9.17) is 4.74 Å². The third-order valence-corrected chi connectivity index (χ3v) is 3.70. The molecule has 0 bridgehead atoms. The van der Waals surface area contributed by atoms with Gasteiger partial charge in [-0.2, -0.15) is 5.10 Å². The van der Waals surface area contributed by atoms with Crippen molar-refractivity contribution in [2.24, 2.45) is 5.10 Å².